The highest BCUT2D eigenvalue weighted by molar-refractivity contribution is 9.10. The molecule has 0 saturated heterocycles. The minimum absolute atomic E-state index is 0.0510. The van der Waals surface area contributed by atoms with Crippen LogP contribution in [0.1, 0.15) is 29.8 Å². The van der Waals surface area contributed by atoms with Crippen molar-refractivity contribution in [1.82, 2.24) is 5.32 Å². The predicted octanol–water partition coefficient (Wildman–Crippen LogP) is 3.34. The molecule has 1 aliphatic rings. The Labute approximate surface area is 156 Å². The molecule has 2 aromatic rings. The molecule has 0 unspecified atom stereocenters. The number of hydrogen-bond donors (Lipinski definition) is 1. The largest absolute Gasteiger partial charge is 0.350 e. The van der Waals surface area contributed by atoms with Gasteiger partial charge < -0.3 is 5.32 Å². The molecule has 5 nitrogen and oxygen atoms in total. The highest BCUT2D eigenvalue weighted by Crippen LogP contribution is 2.33. The predicted molar refractivity (Wildman–Crippen MR) is 101 cm³/mol. The van der Waals surface area contributed by atoms with E-state index in [0.717, 1.165) is 10.0 Å². The lowest BCUT2D eigenvalue weighted by atomic mass is 10.1. The summed E-state index contributed by atoms with van der Waals surface area (Å²) in [6, 6.07) is 11.8. The maximum atomic E-state index is 12.9. The van der Waals surface area contributed by atoms with E-state index in [1.54, 1.807) is 42.5 Å². The molecule has 0 spiro atoms. The Kier molecular flexibility index (Phi) is 4.88. The Hall–Kier alpha value is -1.86. The van der Waals surface area contributed by atoms with Crippen LogP contribution in [0.15, 0.2) is 51.8 Å². The summed E-state index contributed by atoms with van der Waals surface area (Å²) in [5, 5.41) is 2.85. The van der Waals surface area contributed by atoms with E-state index < -0.39 is 10.0 Å². The lowest BCUT2D eigenvalue weighted by Gasteiger charge is -2.20. The second kappa shape index (κ2) is 6.80. The van der Waals surface area contributed by atoms with Gasteiger partial charge in [-0.05, 0) is 68.3 Å². The summed E-state index contributed by atoms with van der Waals surface area (Å²) in [4.78, 5) is 12.4. The van der Waals surface area contributed by atoms with Crippen molar-refractivity contribution in [2.24, 2.45) is 0 Å². The topological polar surface area (TPSA) is 66.5 Å². The van der Waals surface area contributed by atoms with Crippen molar-refractivity contribution in [2.75, 3.05) is 10.8 Å². The number of anilines is 1. The summed E-state index contributed by atoms with van der Waals surface area (Å²) in [6.45, 7) is 4.18. The fourth-order valence-electron chi connectivity index (χ4n) is 2.84. The molecule has 0 atom stereocenters. The van der Waals surface area contributed by atoms with E-state index in [-0.39, 0.29) is 16.8 Å². The SMILES string of the molecule is CC(C)NC(=O)c1ccc2c(c1)CCN2S(=O)(=O)c1ccc(Br)cc1. The number of carbonyl (C=O) groups excluding carboxylic acids is 1. The number of amides is 1. The van der Waals surface area contributed by atoms with Crippen LogP contribution in [-0.2, 0) is 16.4 Å². The van der Waals surface area contributed by atoms with Crippen LogP contribution in [0.3, 0.4) is 0 Å². The molecule has 0 bridgehead atoms. The van der Waals surface area contributed by atoms with Gasteiger partial charge in [-0.3, -0.25) is 9.10 Å². The number of carbonyl (C=O) groups is 1. The third-order valence-corrected chi connectivity index (χ3v) is 6.37. The molecule has 0 aromatic heterocycles. The van der Waals surface area contributed by atoms with Gasteiger partial charge in [-0.15, -0.1) is 0 Å². The summed E-state index contributed by atoms with van der Waals surface area (Å²) in [7, 11) is -3.61. The van der Waals surface area contributed by atoms with Crippen molar-refractivity contribution < 1.29 is 13.2 Å². The molecular weight excluding hydrogens is 404 g/mol. The smallest absolute Gasteiger partial charge is 0.264 e. The average molecular weight is 423 g/mol. The Morgan fingerprint density at radius 3 is 2.48 bits per heavy atom. The second-order valence-corrected chi connectivity index (χ2v) is 9.03. The third-order valence-electron chi connectivity index (χ3n) is 4.02. The molecule has 0 fully saturated rings. The second-order valence-electron chi connectivity index (χ2n) is 6.25. The maximum Gasteiger partial charge on any atom is 0.264 e. The Morgan fingerprint density at radius 1 is 1.16 bits per heavy atom. The van der Waals surface area contributed by atoms with Crippen LogP contribution in [-0.4, -0.2) is 26.9 Å². The molecule has 3 rings (SSSR count). The summed E-state index contributed by atoms with van der Waals surface area (Å²) < 4.78 is 28.0. The minimum atomic E-state index is -3.61. The number of rotatable bonds is 4. The highest BCUT2D eigenvalue weighted by atomic mass is 79.9. The van der Waals surface area contributed by atoms with Crippen molar-refractivity contribution >= 4 is 37.5 Å². The summed E-state index contributed by atoms with van der Waals surface area (Å²) in [5.74, 6) is -0.146. The molecule has 1 amide bonds. The molecule has 2 aromatic carbocycles. The summed E-state index contributed by atoms with van der Waals surface area (Å²) >= 11 is 3.31. The van der Waals surface area contributed by atoms with Gasteiger partial charge in [0.1, 0.15) is 0 Å². The van der Waals surface area contributed by atoms with Crippen LogP contribution in [0.5, 0.6) is 0 Å². The van der Waals surface area contributed by atoms with Crippen LogP contribution in [0.2, 0.25) is 0 Å². The van der Waals surface area contributed by atoms with Crippen molar-refractivity contribution in [2.45, 2.75) is 31.2 Å². The van der Waals surface area contributed by atoms with Crippen LogP contribution in [0.25, 0.3) is 0 Å². The van der Waals surface area contributed by atoms with Gasteiger partial charge in [0.15, 0.2) is 0 Å². The lowest BCUT2D eigenvalue weighted by molar-refractivity contribution is 0.0943. The molecule has 1 aliphatic heterocycles. The van der Waals surface area contributed by atoms with Gasteiger partial charge in [-0.1, -0.05) is 15.9 Å². The zero-order chi connectivity index (χ0) is 18.2. The van der Waals surface area contributed by atoms with E-state index in [2.05, 4.69) is 21.2 Å². The zero-order valence-corrected chi connectivity index (χ0v) is 16.4. The van der Waals surface area contributed by atoms with E-state index in [0.29, 0.717) is 24.2 Å². The fraction of sp³-hybridized carbons (Fsp3) is 0.278. The van der Waals surface area contributed by atoms with Gasteiger partial charge in [0.05, 0.1) is 10.6 Å². The van der Waals surface area contributed by atoms with Gasteiger partial charge in [-0.2, -0.15) is 0 Å². The molecule has 1 N–H and O–H groups in total. The zero-order valence-electron chi connectivity index (χ0n) is 14.0. The van der Waals surface area contributed by atoms with E-state index >= 15 is 0 Å². The first-order chi connectivity index (χ1) is 11.8. The minimum Gasteiger partial charge on any atom is -0.350 e. The summed E-state index contributed by atoms with van der Waals surface area (Å²) in [5.41, 5.74) is 2.07. The molecule has 0 radical (unpaired) electrons. The first kappa shape index (κ1) is 17.9. The third kappa shape index (κ3) is 3.57. The lowest BCUT2D eigenvalue weighted by Crippen LogP contribution is -2.30. The van der Waals surface area contributed by atoms with Gasteiger partial charge >= 0.3 is 0 Å². The first-order valence-electron chi connectivity index (χ1n) is 8.01. The fourth-order valence-corrected chi connectivity index (χ4v) is 4.61. The maximum absolute atomic E-state index is 12.9. The molecular formula is C18H19BrN2O3S. The first-order valence-corrected chi connectivity index (χ1v) is 10.2. The van der Waals surface area contributed by atoms with Crippen molar-refractivity contribution in [1.29, 1.82) is 0 Å². The monoisotopic (exact) mass is 422 g/mol. The van der Waals surface area contributed by atoms with Gasteiger partial charge in [0.2, 0.25) is 0 Å². The number of nitrogens with zero attached hydrogens (tertiary/aromatic N) is 1. The molecule has 1 heterocycles. The van der Waals surface area contributed by atoms with Crippen LogP contribution < -0.4 is 9.62 Å². The quantitative estimate of drug-likeness (QED) is 0.821. The van der Waals surface area contributed by atoms with Crippen molar-refractivity contribution in [3.05, 3.63) is 58.1 Å². The normalized spacial score (nSPS) is 13.8. The summed E-state index contributed by atoms with van der Waals surface area (Å²) in [6.07, 6.45) is 0.591. The number of fused-ring (bicyclic) bond motifs is 1. The number of sulfonamides is 1. The Morgan fingerprint density at radius 2 is 1.84 bits per heavy atom. The Balaban J connectivity index is 1.92. The molecule has 0 aliphatic carbocycles. The van der Waals surface area contributed by atoms with Gasteiger partial charge in [0.25, 0.3) is 15.9 Å². The van der Waals surface area contributed by atoms with E-state index in [9.17, 15) is 13.2 Å². The molecule has 0 saturated carbocycles. The van der Waals surface area contributed by atoms with Crippen molar-refractivity contribution in [3.63, 3.8) is 0 Å². The molecule has 132 valence electrons. The van der Waals surface area contributed by atoms with Crippen LogP contribution in [0.4, 0.5) is 5.69 Å². The highest BCUT2D eigenvalue weighted by Gasteiger charge is 2.31. The van der Waals surface area contributed by atoms with Crippen molar-refractivity contribution in [3.8, 4) is 0 Å². The van der Waals surface area contributed by atoms with Crippen LogP contribution >= 0.6 is 15.9 Å². The molecule has 7 heteroatoms. The van der Waals surface area contributed by atoms with Crippen LogP contribution in [0, 0.1) is 0 Å². The number of hydrogen-bond acceptors (Lipinski definition) is 3. The number of benzene rings is 2. The van der Waals surface area contributed by atoms with Gasteiger partial charge in [0, 0.05) is 22.6 Å². The Bertz CT molecular complexity index is 908. The number of halogens is 1. The standard InChI is InChI=1S/C18H19BrN2O3S/c1-12(2)20-18(22)14-3-8-17-13(11-14)9-10-21(17)25(23,24)16-6-4-15(19)5-7-16/h3-8,11-12H,9-10H2,1-2H3,(H,20,22). The van der Waals surface area contributed by atoms with E-state index in [4.69, 9.17) is 0 Å². The van der Waals surface area contributed by atoms with E-state index in [1.165, 1.54) is 4.31 Å². The number of nitrogens with one attached hydrogen (secondary N) is 1. The van der Waals surface area contributed by atoms with Gasteiger partial charge in [-0.25, -0.2) is 8.42 Å². The average Bonchev–Trinajstić information content (AvgIpc) is 2.98. The van der Waals surface area contributed by atoms with E-state index in [1.807, 2.05) is 13.8 Å². The molecule has 25 heavy (non-hydrogen) atoms.